The number of rotatable bonds is 8. The Labute approximate surface area is 307 Å². The maximum atomic E-state index is 14.1. The normalized spacial score (nSPS) is 18.8. The van der Waals surface area contributed by atoms with Crippen molar-refractivity contribution in [3.8, 4) is 5.75 Å². The summed E-state index contributed by atoms with van der Waals surface area (Å²) in [5.74, 6) is -0.757. The van der Waals surface area contributed by atoms with Gasteiger partial charge in [-0.1, -0.05) is 30.3 Å². The number of hydrogen-bond acceptors (Lipinski definition) is 12. The number of benzene rings is 2. The smallest absolute Gasteiger partial charge is 0.415 e. The minimum absolute atomic E-state index is 0.0183. The minimum atomic E-state index is -1.14. The summed E-state index contributed by atoms with van der Waals surface area (Å²) in [7, 11) is 1.18. The van der Waals surface area contributed by atoms with Crippen LogP contribution in [0, 0.1) is 10.1 Å². The zero-order valence-electron chi connectivity index (χ0n) is 31.0. The van der Waals surface area contributed by atoms with E-state index < -0.39 is 64.6 Å². The molecule has 288 valence electrons. The summed E-state index contributed by atoms with van der Waals surface area (Å²) in [6, 6.07) is 10.9. The molecule has 2 heterocycles. The predicted octanol–water partition coefficient (Wildman–Crippen LogP) is 5.20. The number of non-ortho nitro benzene ring substituents is 1. The van der Waals surface area contributed by atoms with Gasteiger partial charge in [0.25, 0.3) is 5.69 Å². The SMILES string of the molecule is COC(=O)[C@H]1C[C@@H](N(CC2CN(C(=O)OC(C)(C)C)CCN2C(=O)OC(C)(C)C)C(=O)Oc2ccc([N+](=O)[O-])cc2)CN1C(=O)OCc1ccccc1. The van der Waals surface area contributed by atoms with Crippen LogP contribution >= 0.6 is 0 Å². The minimum Gasteiger partial charge on any atom is -0.467 e. The highest BCUT2D eigenvalue weighted by molar-refractivity contribution is 5.83. The maximum absolute atomic E-state index is 14.1. The molecule has 0 radical (unpaired) electrons. The Balaban J connectivity index is 1.68. The van der Waals surface area contributed by atoms with Gasteiger partial charge in [0.05, 0.1) is 24.1 Å². The number of nitro groups is 1. The van der Waals surface area contributed by atoms with Crippen LogP contribution in [0.4, 0.5) is 24.9 Å². The van der Waals surface area contributed by atoms with Gasteiger partial charge in [-0.2, -0.15) is 0 Å². The lowest BCUT2D eigenvalue weighted by Gasteiger charge is -2.44. The Morgan fingerprint density at radius 1 is 0.830 bits per heavy atom. The van der Waals surface area contributed by atoms with E-state index in [0.29, 0.717) is 5.56 Å². The summed E-state index contributed by atoms with van der Waals surface area (Å²) < 4.78 is 27.5. The van der Waals surface area contributed by atoms with Crippen molar-refractivity contribution < 1.29 is 52.6 Å². The molecule has 53 heavy (non-hydrogen) atoms. The van der Waals surface area contributed by atoms with Crippen LogP contribution in [0.25, 0.3) is 0 Å². The number of carbonyl (C=O) groups excluding carboxylic acids is 5. The Hall–Kier alpha value is -5.61. The van der Waals surface area contributed by atoms with Gasteiger partial charge in [-0.05, 0) is 59.2 Å². The Bertz CT molecular complexity index is 1640. The lowest BCUT2D eigenvalue weighted by Crippen LogP contribution is -2.62. The van der Waals surface area contributed by atoms with E-state index >= 15 is 0 Å². The third-order valence-electron chi connectivity index (χ3n) is 8.29. The quantitative estimate of drug-likeness (QED) is 0.149. The monoisotopic (exact) mass is 741 g/mol. The fraction of sp³-hybridized carbons (Fsp3) is 0.528. The molecule has 0 bridgehead atoms. The number of esters is 1. The number of nitrogens with zero attached hydrogens (tertiary/aromatic N) is 5. The number of likely N-dealkylation sites (tertiary alicyclic amines) is 1. The molecule has 1 unspecified atom stereocenters. The second-order valence-electron chi connectivity index (χ2n) is 14.6. The van der Waals surface area contributed by atoms with Gasteiger partial charge in [-0.15, -0.1) is 0 Å². The van der Waals surface area contributed by atoms with Gasteiger partial charge in [0.1, 0.15) is 29.6 Å². The van der Waals surface area contributed by atoms with Crippen molar-refractivity contribution >= 4 is 36.0 Å². The Morgan fingerprint density at radius 2 is 1.45 bits per heavy atom. The molecule has 2 saturated heterocycles. The second kappa shape index (κ2) is 16.8. The third-order valence-corrected chi connectivity index (χ3v) is 8.29. The van der Waals surface area contributed by atoms with Crippen LogP contribution in [0.1, 0.15) is 53.5 Å². The zero-order valence-corrected chi connectivity index (χ0v) is 31.0. The Kier molecular flexibility index (Phi) is 12.7. The van der Waals surface area contributed by atoms with E-state index in [4.69, 9.17) is 23.7 Å². The lowest BCUT2D eigenvalue weighted by molar-refractivity contribution is -0.384. The fourth-order valence-corrected chi connectivity index (χ4v) is 5.86. The molecule has 2 aromatic carbocycles. The van der Waals surface area contributed by atoms with E-state index in [-0.39, 0.29) is 57.2 Å². The highest BCUT2D eigenvalue weighted by atomic mass is 16.6. The standard InChI is InChI=1S/C36H47N5O12/c1-35(2,3)52-31(43)37-17-18-38(34(46)53-36(4,5)6)27(20-37)22-39(33(45)51-28-15-13-25(14-16-28)41(47)48)26-19-29(30(42)49-7)40(21-26)32(44)50-23-24-11-9-8-10-12-24/h8-16,26-27,29H,17-23H2,1-7H3/t26-,27?,29-/m1/s1. The van der Waals surface area contributed by atoms with Crippen LogP contribution in [-0.4, -0.2) is 124 Å². The zero-order chi connectivity index (χ0) is 39.1. The van der Waals surface area contributed by atoms with E-state index in [0.717, 1.165) is 0 Å². The first-order chi connectivity index (χ1) is 24.8. The van der Waals surface area contributed by atoms with E-state index in [1.165, 1.54) is 51.0 Å². The summed E-state index contributed by atoms with van der Waals surface area (Å²) in [5.41, 5.74) is -1.17. The first-order valence-electron chi connectivity index (χ1n) is 17.1. The molecule has 2 aliphatic rings. The van der Waals surface area contributed by atoms with E-state index in [9.17, 15) is 34.1 Å². The van der Waals surface area contributed by atoms with Crippen molar-refractivity contribution in [1.82, 2.24) is 19.6 Å². The van der Waals surface area contributed by atoms with Crippen molar-refractivity contribution in [1.29, 1.82) is 0 Å². The average molecular weight is 742 g/mol. The van der Waals surface area contributed by atoms with Gasteiger partial charge >= 0.3 is 30.3 Å². The number of hydrogen-bond donors (Lipinski definition) is 0. The number of carbonyl (C=O) groups is 5. The summed E-state index contributed by atoms with van der Waals surface area (Å²) in [6.45, 7) is 9.90. The van der Waals surface area contributed by atoms with E-state index in [2.05, 4.69) is 0 Å². The molecule has 0 N–H and O–H groups in total. The molecule has 2 aromatic rings. The first kappa shape index (κ1) is 40.2. The molecule has 0 spiro atoms. The van der Waals surface area contributed by atoms with Crippen LogP contribution in [0.5, 0.6) is 5.75 Å². The average Bonchev–Trinajstić information content (AvgIpc) is 3.53. The Morgan fingerprint density at radius 3 is 2.04 bits per heavy atom. The van der Waals surface area contributed by atoms with Gasteiger partial charge in [0.15, 0.2) is 0 Å². The molecule has 3 atom stereocenters. The fourth-order valence-electron chi connectivity index (χ4n) is 5.86. The number of methoxy groups -OCH3 is 1. The van der Waals surface area contributed by atoms with Gasteiger partial charge in [0, 0.05) is 51.3 Å². The summed E-state index contributed by atoms with van der Waals surface area (Å²) in [4.78, 5) is 83.2. The molecular weight excluding hydrogens is 694 g/mol. The van der Waals surface area contributed by atoms with Crippen LogP contribution in [-0.2, 0) is 30.3 Å². The number of piperazine rings is 1. The molecule has 2 fully saturated rings. The van der Waals surface area contributed by atoms with Crippen LogP contribution in [0.3, 0.4) is 0 Å². The second-order valence-corrected chi connectivity index (χ2v) is 14.6. The van der Waals surface area contributed by atoms with Crippen LogP contribution in [0.15, 0.2) is 54.6 Å². The lowest BCUT2D eigenvalue weighted by atomic mass is 10.1. The van der Waals surface area contributed by atoms with Crippen molar-refractivity contribution in [2.24, 2.45) is 0 Å². The van der Waals surface area contributed by atoms with Gasteiger partial charge in [0.2, 0.25) is 0 Å². The molecule has 2 aliphatic heterocycles. The molecule has 0 aromatic heterocycles. The first-order valence-corrected chi connectivity index (χ1v) is 17.1. The topological polar surface area (TPSA) is 188 Å². The van der Waals surface area contributed by atoms with Gasteiger partial charge < -0.3 is 33.5 Å². The number of ether oxygens (including phenoxy) is 5. The van der Waals surface area contributed by atoms with Gasteiger partial charge in [-0.3, -0.25) is 19.9 Å². The van der Waals surface area contributed by atoms with Crippen molar-refractivity contribution in [2.75, 3.05) is 39.8 Å². The molecule has 17 heteroatoms. The third kappa shape index (κ3) is 11.2. The predicted molar refractivity (Wildman–Crippen MR) is 188 cm³/mol. The largest absolute Gasteiger partial charge is 0.467 e. The van der Waals surface area contributed by atoms with E-state index in [1.54, 1.807) is 65.8 Å². The van der Waals surface area contributed by atoms with E-state index in [1.807, 2.05) is 6.07 Å². The number of nitro benzene ring substituents is 1. The summed E-state index contributed by atoms with van der Waals surface area (Å²) >= 11 is 0. The molecular formula is C36H47N5O12. The number of amides is 4. The molecule has 4 rings (SSSR count). The summed E-state index contributed by atoms with van der Waals surface area (Å²) in [5, 5.41) is 11.2. The highest BCUT2D eigenvalue weighted by Gasteiger charge is 2.47. The molecule has 4 amide bonds. The van der Waals surface area contributed by atoms with Gasteiger partial charge in [-0.25, -0.2) is 24.0 Å². The van der Waals surface area contributed by atoms with Crippen LogP contribution in [0.2, 0.25) is 0 Å². The summed E-state index contributed by atoms with van der Waals surface area (Å²) in [6.07, 6.45) is -3.15. The van der Waals surface area contributed by atoms with Crippen LogP contribution < -0.4 is 4.74 Å². The maximum Gasteiger partial charge on any atom is 0.415 e. The van der Waals surface area contributed by atoms with Crippen molar-refractivity contribution in [3.63, 3.8) is 0 Å². The van der Waals surface area contributed by atoms with Crippen molar-refractivity contribution in [2.45, 2.75) is 83.9 Å². The van der Waals surface area contributed by atoms with Crippen molar-refractivity contribution in [3.05, 3.63) is 70.3 Å². The highest BCUT2D eigenvalue weighted by Crippen LogP contribution is 2.28. The molecule has 0 saturated carbocycles. The molecule has 17 nitrogen and oxygen atoms in total. The molecule has 0 aliphatic carbocycles.